The van der Waals surface area contributed by atoms with Gasteiger partial charge < -0.3 is 4.98 Å². The van der Waals surface area contributed by atoms with E-state index in [1.807, 2.05) is 12.3 Å². The molecular formula is C13H13N3S. The first-order valence-corrected chi connectivity index (χ1v) is 6.55. The molecule has 0 radical (unpaired) electrons. The summed E-state index contributed by atoms with van der Waals surface area (Å²) < 4.78 is 0. The van der Waals surface area contributed by atoms with E-state index < -0.39 is 0 Å². The summed E-state index contributed by atoms with van der Waals surface area (Å²) in [4.78, 5) is 12.3. The maximum absolute atomic E-state index is 4.56. The minimum Gasteiger partial charge on any atom is -0.337 e. The van der Waals surface area contributed by atoms with Crippen molar-refractivity contribution in [3.63, 3.8) is 0 Å². The second-order valence-electron chi connectivity index (χ2n) is 4.04. The monoisotopic (exact) mass is 243 g/mol. The highest BCUT2D eigenvalue weighted by atomic mass is 32.1. The lowest BCUT2D eigenvalue weighted by molar-refractivity contribution is 1.14. The largest absolute Gasteiger partial charge is 0.337 e. The van der Waals surface area contributed by atoms with Crippen LogP contribution in [0.5, 0.6) is 0 Å². The van der Waals surface area contributed by atoms with Gasteiger partial charge in [0, 0.05) is 5.38 Å². The third-order valence-electron chi connectivity index (χ3n) is 2.82. The molecule has 0 fully saturated rings. The number of thiazole rings is 1. The van der Waals surface area contributed by atoms with Gasteiger partial charge in [-0.2, -0.15) is 0 Å². The van der Waals surface area contributed by atoms with Gasteiger partial charge in [-0.3, -0.25) is 0 Å². The van der Waals surface area contributed by atoms with Crippen molar-refractivity contribution in [3.8, 4) is 11.5 Å². The maximum Gasteiger partial charge on any atom is 0.158 e. The summed E-state index contributed by atoms with van der Waals surface area (Å²) >= 11 is 1.65. The minimum atomic E-state index is 0.859. The number of nitrogens with zero attached hydrogens (tertiary/aromatic N) is 2. The number of imidazole rings is 1. The van der Waals surface area contributed by atoms with E-state index in [1.54, 1.807) is 11.3 Å². The average molecular weight is 243 g/mol. The SMILES string of the molecule is CCc1ccc2nc(-c3csc(C)n3)[nH]c2c1. The number of hydrogen-bond donors (Lipinski definition) is 1. The van der Waals surface area contributed by atoms with E-state index in [0.29, 0.717) is 0 Å². The summed E-state index contributed by atoms with van der Waals surface area (Å²) in [5.41, 5.74) is 4.34. The molecule has 3 nitrogen and oxygen atoms in total. The molecule has 0 amide bonds. The van der Waals surface area contributed by atoms with E-state index >= 15 is 0 Å². The number of benzene rings is 1. The Morgan fingerprint density at radius 1 is 1.29 bits per heavy atom. The minimum absolute atomic E-state index is 0.859. The third kappa shape index (κ3) is 1.85. The Bertz CT molecular complexity index is 666. The quantitative estimate of drug-likeness (QED) is 0.747. The Morgan fingerprint density at radius 3 is 2.88 bits per heavy atom. The van der Waals surface area contributed by atoms with Gasteiger partial charge >= 0.3 is 0 Å². The Kier molecular flexibility index (Phi) is 2.44. The molecule has 0 bridgehead atoms. The number of hydrogen-bond acceptors (Lipinski definition) is 3. The fourth-order valence-corrected chi connectivity index (χ4v) is 2.47. The molecule has 0 unspecified atom stereocenters. The van der Waals surface area contributed by atoms with Crippen molar-refractivity contribution in [2.75, 3.05) is 0 Å². The molecule has 3 rings (SSSR count). The van der Waals surface area contributed by atoms with Crippen LogP contribution in [0.1, 0.15) is 17.5 Å². The van der Waals surface area contributed by atoms with Crippen molar-refractivity contribution in [1.82, 2.24) is 15.0 Å². The second kappa shape index (κ2) is 3.96. The molecule has 4 heteroatoms. The average Bonchev–Trinajstić information content (AvgIpc) is 2.93. The molecule has 0 aliphatic rings. The molecule has 0 saturated carbocycles. The van der Waals surface area contributed by atoms with Crippen LogP contribution in [-0.4, -0.2) is 15.0 Å². The van der Waals surface area contributed by atoms with Crippen molar-refractivity contribution in [1.29, 1.82) is 0 Å². The van der Waals surface area contributed by atoms with E-state index in [1.165, 1.54) is 5.56 Å². The van der Waals surface area contributed by atoms with E-state index in [4.69, 9.17) is 0 Å². The van der Waals surface area contributed by atoms with Gasteiger partial charge in [-0.15, -0.1) is 11.3 Å². The molecule has 2 heterocycles. The van der Waals surface area contributed by atoms with Crippen LogP contribution in [0.3, 0.4) is 0 Å². The van der Waals surface area contributed by atoms with Gasteiger partial charge in [0.15, 0.2) is 5.82 Å². The normalized spacial score (nSPS) is 11.2. The van der Waals surface area contributed by atoms with Gasteiger partial charge in [0.25, 0.3) is 0 Å². The molecule has 0 saturated heterocycles. The first-order chi connectivity index (χ1) is 8.26. The van der Waals surface area contributed by atoms with E-state index in [9.17, 15) is 0 Å². The number of nitrogens with one attached hydrogen (secondary N) is 1. The van der Waals surface area contributed by atoms with E-state index in [2.05, 4.69) is 40.1 Å². The first kappa shape index (κ1) is 10.5. The Labute approximate surface area is 104 Å². The zero-order valence-electron chi connectivity index (χ0n) is 9.82. The Balaban J connectivity index is 2.13. The highest BCUT2D eigenvalue weighted by Crippen LogP contribution is 2.22. The lowest BCUT2D eigenvalue weighted by Gasteiger charge is -1.93. The maximum atomic E-state index is 4.56. The number of fused-ring (bicyclic) bond motifs is 1. The first-order valence-electron chi connectivity index (χ1n) is 5.67. The van der Waals surface area contributed by atoms with Gasteiger partial charge in [-0.05, 0) is 31.0 Å². The summed E-state index contributed by atoms with van der Waals surface area (Å²) in [6.45, 7) is 4.16. The van der Waals surface area contributed by atoms with Crippen LogP contribution in [0, 0.1) is 6.92 Å². The van der Waals surface area contributed by atoms with Crippen LogP contribution < -0.4 is 0 Å². The van der Waals surface area contributed by atoms with Crippen molar-refractivity contribution < 1.29 is 0 Å². The molecule has 0 spiro atoms. The number of aromatic amines is 1. The van der Waals surface area contributed by atoms with E-state index in [-0.39, 0.29) is 0 Å². The Morgan fingerprint density at radius 2 is 2.18 bits per heavy atom. The van der Waals surface area contributed by atoms with Gasteiger partial charge in [0.1, 0.15) is 5.69 Å². The molecule has 1 aromatic carbocycles. The topological polar surface area (TPSA) is 41.6 Å². The fourth-order valence-electron chi connectivity index (χ4n) is 1.87. The summed E-state index contributed by atoms with van der Waals surface area (Å²) in [7, 11) is 0. The number of aryl methyl sites for hydroxylation is 2. The number of aromatic nitrogens is 3. The Hall–Kier alpha value is -1.68. The van der Waals surface area contributed by atoms with Crippen molar-refractivity contribution in [2.45, 2.75) is 20.3 Å². The lowest BCUT2D eigenvalue weighted by atomic mass is 10.1. The highest BCUT2D eigenvalue weighted by Gasteiger charge is 2.08. The molecule has 17 heavy (non-hydrogen) atoms. The van der Waals surface area contributed by atoms with Crippen LogP contribution in [0.15, 0.2) is 23.6 Å². The summed E-state index contributed by atoms with van der Waals surface area (Å²) in [5, 5.41) is 3.10. The van der Waals surface area contributed by atoms with Gasteiger partial charge in [0.05, 0.1) is 16.0 Å². The molecule has 3 aromatic rings. The molecule has 86 valence electrons. The molecule has 2 aromatic heterocycles. The molecule has 0 aliphatic heterocycles. The van der Waals surface area contributed by atoms with Crippen molar-refractivity contribution >= 4 is 22.4 Å². The predicted octanol–water partition coefficient (Wildman–Crippen LogP) is 3.56. The van der Waals surface area contributed by atoms with Crippen LogP contribution in [0.2, 0.25) is 0 Å². The highest BCUT2D eigenvalue weighted by molar-refractivity contribution is 7.09. The van der Waals surface area contributed by atoms with Gasteiger partial charge in [0.2, 0.25) is 0 Å². The van der Waals surface area contributed by atoms with Gasteiger partial charge in [-0.25, -0.2) is 9.97 Å². The second-order valence-corrected chi connectivity index (χ2v) is 5.10. The fraction of sp³-hybridized carbons (Fsp3) is 0.231. The van der Waals surface area contributed by atoms with E-state index in [0.717, 1.165) is 34.0 Å². The van der Waals surface area contributed by atoms with Crippen molar-refractivity contribution in [3.05, 3.63) is 34.2 Å². The molecule has 0 aliphatic carbocycles. The smallest absolute Gasteiger partial charge is 0.158 e. The summed E-state index contributed by atoms with van der Waals surface area (Å²) in [6, 6.07) is 6.34. The van der Waals surface area contributed by atoms with Gasteiger partial charge in [-0.1, -0.05) is 13.0 Å². The zero-order chi connectivity index (χ0) is 11.8. The molecular weight excluding hydrogens is 230 g/mol. The van der Waals surface area contributed by atoms with Crippen LogP contribution in [0.25, 0.3) is 22.6 Å². The third-order valence-corrected chi connectivity index (χ3v) is 3.59. The standard InChI is InChI=1S/C13H13N3S/c1-3-9-4-5-10-11(6-9)16-13(15-10)12-7-17-8(2)14-12/h4-7H,3H2,1-2H3,(H,15,16). The summed E-state index contributed by atoms with van der Waals surface area (Å²) in [6.07, 6.45) is 1.04. The van der Waals surface area contributed by atoms with Crippen LogP contribution >= 0.6 is 11.3 Å². The molecule has 0 atom stereocenters. The number of H-pyrrole nitrogens is 1. The number of rotatable bonds is 2. The zero-order valence-corrected chi connectivity index (χ0v) is 10.6. The lowest BCUT2D eigenvalue weighted by Crippen LogP contribution is -1.79. The summed E-state index contributed by atoms with van der Waals surface area (Å²) in [5.74, 6) is 0.859. The van der Waals surface area contributed by atoms with Crippen LogP contribution in [-0.2, 0) is 6.42 Å². The predicted molar refractivity (Wildman–Crippen MR) is 71.3 cm³/mol. The van der Waals surface area contributed by atoms with Crippen molar-refractivity contribution in [2.24, 2.45) is 0 Å². The molecule has 1 N–H and O–H groups in total. The van der Waals surface area contributed by atoms with Crippen LogP contribution in [0.4, 0.5) is 0 Å².